The maximum absolute atomic E-state index is 13.1. The number of nitrogens with zero attached hydrogens (tertiary/aromatic N) is 1. The lowest BCUT2D eigenvalue weighted by Gasteiger charge is -2.24. The first-order chi connectivity index (χ1) is 16.7. The summed E-state index contributed by atoms with van der Waals surface area (Å²) in [6.07, 6.45) is 2.74. The van der Waals surface area contributed by atoms with Gasteiger partial charge in [0.1, 0.15) is 18.1 Å². The molecule has 1 rings (SSSR count). The first kappa shape index (κ1) is 29.7. The molecule has 0 saturated carbocycles. The second-order valence-electron chi connectivity index (χ2n) is 7.70. The van der Waals surface area contributed by atoms with E-state index in [-0.39, 0.29) is 31.9 Å². The van der Waals surface area contributed by atoms with E-state index < -0.39 is 41.8 Å². The van der Waals surface area contributed by atoms with E-state index in [0.29, 0.717) is 18.6 Å². The van der Waals surface area contributed by atoms with Crippen LogP contribution in [0.3, 0.4) is 0 Å². The Morgan fingerprint density at radius 3 is 2.17 bits per heavy atom. The molecule has 3 amide bonds. The Hall–Kier alpha value is -3.32. The molecule has 1 aromatic carbocycles. The highest BCUT2D eigenvalue weighted by atomic mass is 32.2. The van der Waals surface area contributed by atoms with Gasteiger partial charge in [-0.25, -0.2) is 4.79 Å². The molecule has 0 radical (unpaired) electrons. The van der Waals surface area contributed by atoms with Crippen LogP contribution in [-0.4, -0.2) is 78.0 Å². The number of aliphatic imine (C=N–C) groups is 1. The van der Waals surface area contributed by atoms with Gasteiger partial charge in [0.05, 0.1) is 6.54 Å². The highest BCUT2D eigenvalue weighted by Crippen LogP contribution is 2.08. The molecular weight excluding hydrogens is 474 g/mol. The number of nitrogens with two attached hydrogens (primary N) is 3. The van der Waals surface area contributed by atoms with Gasteiger partial charge in [-0.3, -0.25) is 19.4 Å². The van der Waals surface area contributed by atoms with Crippen LogP contribution in [-0.2, 0) is 25.6 Å². The number of carboxylic acid groups (broad SMARTS) is 1. The second-order valence-corrected chi connectivity index (χ2v) is 8.69. The molecule has 0 bridgehead atoms. The summed E-state index contributed by atoms with van der Waals surface area (Å²) < 4.78 is 0. The topological polar surface area (TPSA) is 215 Å². The number of nitrogens with one attached hydrogen (secondary N) is 3. The quantitative estimate of drug-likeness (QED) is 0.0785. The van der Waals surface area contributed by atoms with E-state index in [9.17, 15) is 24.3 Å². The fourth-order valence-corrected chi connectivity index (χ4v) is 3.59. The molecule has 0 heterocycles. The summed E-state index contributed by atoms with van der Waals surface area (Å²) in [5, 5.41) is 17.3. The third-order valence-corrected chi connectivity index (χ3v) is 5.57. The van der Waals surface area contributed by atoms with Gasteiger partial charge in [0.2, 0.25) is 17.7 Å². The smallest absolute Gasteiger partial charge is 0.326 e. The Morgan fingerprint density at radius 1 is 0.971 bits per heavy atom. The van der Waals surface area contributed by atoms with Gasteiger partial charge in [0.25, 0.3) is 0 Å². The van der Waals surface area contributed by atoms with Gasteiger partial charge in [-0.1, -0.05) is 30.3 Å². The van der Waals surface area contributed by atoms with Crippen molar-refractivity contribution in [3.63, 3.8) is 0 Å². The van der Waals surface area contributed by atoms with Crippen molar-refractivity contribution < 1.29 is 24.3 Å². The maximum Gasteiger partial charge on any atom is 0.326 e. The highest BCUT2D eigenvalue weighted by Gasteiger charge is 2.29. The van der Waals surface area contributed by atoms with E-state index in [2.05, 4.69) is 20.9 Å². The number of guanidine groups is 1. The monoisotopic (exact) mass is 509 g/mol. The summed E-state index contributed by atoms with van der Waals surface area (Å²) >= 11 is 1.50. The largest absolute Gasteiger partial charge is 0.480 e. The molecule has 0 aliphatic carbocycles. The van der Waals surface area contributed by atoms with Gasteiger partial charge in [0, 0.05) is 13.0 Å². The predicted octanol–water partition coefficient (Wildman–Crippen LogP) is -1.47. The van der Waals surface area contributed by atoms with Crippen LogP contribution in [0.15, 0.2) is 35.3 Å². The Morgan fingerprint density at radius 2 is 1.60 bits per heavy atom. The number of benzene rings is 1. The molecule has 10 N–H and O–H groups in total. The molecule has 35 heavy (non-hydrogen) atoms. The van der Waals surface area contributed by atoms with Crippen LogP contribution in [0.1, 0.15) is 24.8 Å². The van der Waals surface area contributed by atoms with Crippen molar-refractivity contribution in [1.29, 1.82) is 0 Å². The SMILES string of the molecule is CSCCC(NC(=O)CN)C(=O)NC(Cc1ccccc1)C(=O)NC(CCCN=C(N)N)C(=O)O. The van der Waals surface area contributed by atoms with E-state index in [1.807, 2.05) is 12.3 Å². The highest BCUT2D eigenvalue weighted by molar-refractivity contribution is 7.98. The molecule has 0 aliphatic rings. The zero-order valence-corrected chi connectivity index (χ0v) is 20.6. The fourth-order valence-electron chi connectivity index (χ4n) is 3.12. The van der Waals surface area contributed by atoms with E-state index >= 15 is 0 Å². The van der Waals surface area contributed by atoms with Gasteiger partial charge in [-0.2, -0.15) is 11.8 Å². The molecule has 0 aromatic heterocycles. The molecule has 194 valence electrons. The summed E-state index contributed by atoms with van der Waals surface area (Å²) in [5.41, 5.74) is 16.7. The Balaban J connectivity index is 3.01. The van der Waals surface area contributed by atoms with Crippen LogP contribution in [0.5, 0.6) is 0 Å². The number of hydrogen-bond donors (Lipinski definition) is 7. The average Bonchev–Trinajstić information content (AvgIpc) is 2.83. The fraction of sp³-hybridized carbons (Fsp3) is 0.500. The lowest BCUT2D eigenvalue weighted by atomic mass is 10.0. The van der Waals surface area contributed by atoms with Gasteiger partial charge in [-0.05, 0) is 36.8 Å². The minimum absolute atomic E-state index is 0.0900. The van der Waals surface area contributed by atoms with Crippen molar-refractivity contribution in [2.75, 3.05) is 25.1 Å². The Bertz CT molecular complexity index is 865. The Kier molecular flexibility index (Phi) is 13.9. The molecule has 13 heteroatoms. The van der Waals surface area contributed by atoms with E-state index in [0.717, 1.165) is 5.56 Å². The van der Waals surface area contributed by atoms with Gasteiger partial charge >= 0.3 is 5.97 Å². The van der Waals surface area contributed by atoms with Gasteiger partial charge in [-0.15, -0.1) is 0 Å². The Labute approximate surface area is 208 Å². The van der Waals surface area contributed by atoms with Crippen LogP contribution in [0.4, 0.5) is 0 Å². The number of thioether (sulfide) groups is 1. The van der Waals surface area contributed by atoms with Crippen molar-refractivity contribution in [3.05, 3.63) is 35.9 Å². The lowest BCUT2D eigenvalue weighted by molar-refractivity contribution is -0.142. The molecule has 3 unspecified atom stereocenters. The zero-order chi connectivity index (χ0) is 26.2. The second kappa shape index (κ2) is 16.3. The summed E-state index contributed by atoms with van der Waals surface area (Å²) in [4.78, 5) is 53.4. The van der Waals surface area contributed by atoms with Crippen molar-refractivity contribution >= 4 is 41.4 Å². The van der Waals surface area contributed by atoms with Crippen molar-refractivity contribution in [2.45, 2.75) is 43.8 Å². The molecule has 1 aromatic rings. The average molecular weight is 510 g/mol. The van der Waals surface area contributed by atoms with Crippen molar-refractivity contribution in [3.8, 4) is 0 Å². The van der Waals surface area contributed by atoms with Crippen LogP contribution in [0.25, 0.3) is 0 Å². The van der Waals surface area contributed by atoms with E-state index in [4.69, 9.17) is 17.2 Å². The summed E-state index contributed by atoms with van der Waals surface area (Å²) in [6, 6.07) is 5.81. The number of hydrogen-bond acceptors (Lipinski definition) is 7. The van der Waals surface area contributed by atoms with Crippen molar-refractivity contribution in [1.82, 2.24) is 16.0 Å². The standard InChI is InChI=1S/C22H35N7O5S/c1-35-11-9-15(27-18(30)13-23)19(31)29-17(12-14-6-3-2-4-7-14)20(32)28-16(21(33)34)8-5-10-26-22(24)25/h2-4,6-7,15-17H,5,8-13,23H2,1H3,(H,27,30)(H,28,32)(H,29,31)(H,33,34)(H4,24,25,26). The molecule has 3 atom stereocenters. The van der Waals surface area contributed by atoms with Crippen LogP contribution >= 0.6 is 11.8 Å². The van der Waals surface area contributed by atoms with E-state index in [1.165, 1.54) is 11.8 Å². The lowest BCUT2D eigenvalue weighted by Crippen LogP contribution is -2.57. The van der Waals surface area contributed by atoms with E-state index in [1.54, 1.807) is 24.3 Å². The number of amides is 3. The number of rotatable bonds is 16. The number of aliphatic carboxylic acids is 1. The molecule has 0 fully saturated rings. The van der Waals surface area contributed by atoms with Gasteiger partial charge < -0.3 is 38.3 Å². The molecular formula is C22H35N7O5S. The first-order valence-electron chi connectivity index (χ1n) is 11.1. The maximum atomic E-state index is 13.1. The molecule has 0 spiro atoms. The molecule has 12 nitrogen and oxygen atoms in total. The molecule has 0 aliphatic heterocycles. The summed E-state index contributed by atoms with van der Waals surface area (Å²) in [5.74, 6) is -2.45. The predicted molar refractivity (Wildman–Crippen MR) is 136 cm³/mol. The third-order valence-electron chi connectivity index (χ3n) is 4.92. The third kappa shape index (κ3) is 12.1. The first-order valence-corrected chi connectivity index (χ1v) is 12.5. The number of carbonyl (C=O) groups is 4. The summed E-state index contributed by atoms with van der Waals surface area (Å²) in [7, 11) is 0. The number of carbonyl (C=O) groups excluding carboxylic acids is 3. The summed E-state index contributed by atoms with van der Waals surface area (Å²) in [6.45, 7) is -0.0682. The van der Waals surface area contributed by atoms with Crippen LogP contribution in [0.2, 0.25) is 0 Å². The minimum Gasteiger partial charge on any atom is -0.480 e. The van der Waals surface area contributed by atoms with Crippen molar-refractivity contribution in [2.24, 2.45) is 22.2 Å². The molecule has 0 saturated heterocycles. The number of carboxylic acids is 1. The van der Waals surface area contributed by atoms with Crippen LogP contribution < -0.4 is 33.2 Å². The van der Waals surface area contributed by atoms with Crippen LogP contribution in [0, 0.1) is 0 Å². The normalized spacial score (nSPS) is 13.1. The minimum atomic E-state index is -1.22. The van der Waals surface area contributed by atoms with Gasteiger partial charge in [0.15, 0.2) is 5.96 Å². The zero-order valence-electron chi connectivity index (χ0n) is 19.7.